The lowest BCUT2D eigenvalue weighted by Gasteiger charge is -2.16. The number of benzene rings is 1. The van der Waals surface area contributed by atoms with Gasteiger partial charge in [-0.05, 0) is 50.4 Å². The Kier molecular flexibility index (Phi) is 7.78. The molecule has 0 spiro atoms. The largest absolute Gasteiger partial charge is 0.481 e. The summed E-state index contributed by atoms with van der Waals surface area (Å²) < 4.78 is 0.955. The minimum absolute atomic E-state index is 0.0366. The van der Waals surface area contributed by atoms with Crippen molar-refractivity contribution in [3.8, 4) is 0 Å². The van der Waals surface area contributed by atoms with Crippen LogP contribution in [-0.2, 0) is 16.1 Å². The van der Waals surface area contributed by atoms with Crippen LogP contribution in [0.5, 0.6) is 0 Å². The van der Waals surface area contributed by atoms with E-state index in [2.05, 4.69) is 62.4 Å². The second kappa shape index (κ2) is 10.6. The molecule has 1 atom stereocenters. The highest BCUT2D eigenvalue weighted by molar-refractivity contribution is 9.11. The number of hydrogen-bond acceptors (Lipinski definition) is 9. The zero-order valence-corrected chi connectivity index (χ0v) is 20.3. The van der Waals surface area contributed by atoms with Gasteiger partial charge in [0.25, 0.3) is 11.5 Å². The minimum atomic E-state index is -1.35. The van der Waals surface area contributed by atoms with Crippen molar-refractivity contribution in [1.82, 2.24) is 25.3 Å². The molecule has 15 heteroatoms. The number of nitrogens with one attached hydrogen (secondary N) is 3. The van der Waals surface area contributed by atoms with E-state index in [1.54, 1.807) is 0 Å². The molecule has 2 aromatic heterocycles. The predicted octanol–water partition coefficient (Wildman–Crippen LogP) is 1.48. The van der Waals surface area contributed by atoms with Gasteiger partial charge in [0, 0.05) is 20.9 Å². The van der Waals surface area contributed by atoms with E-state index >= 15 is 0 Å². The lowest BCUT2D eigenvalue weighted by atomic mass is 10.1. The number of nitrogen functional groups attached to an aromatic ring is 1. The van der Waals surface area contributed by atoms with Gasteiger partial charge in [-0.1, -0.05) is 0 Å². The SMILES string of the molecule is Nc1nc2ncc(CNc3c(Br)cc(C(=O)N[C@@H](CCC(=O)O)C(=O)O)cc3Br)nc2c(=O)[nH]1. The number of carbonyl (C=O) groups excluding carboxylic acids is 1. The first-order valence-electron chi connectivity index (χ1n) is 9.55. The number of carbonyl (C=O) groups is 3. The lowest BCUT2D eigenvalue weighted by Crippen LogP contribution is -2.41. The fraction of sp³-hybridized carbons (Fsp3) is 0.211. The quantitative estimate of drug-likeness (QED) is 0.207. The summed E-state index contributed by atoms with van der Waals surface area (Å²) in [6, 6.07) is 1.60. The molecular formula is C19H17Br2N7O6. The molecule has 0 unspecified atom stereocenters. The van der Waals surface area contributed by atoms with Crippen LogP contribution in [0, 0.1) is 0 Å². The molecule has 178 valence electrons. The Hall–Kier alpha value is -3.59. The normalized spacial score (nSPS) is 11.7. The number of halogens is 2. The van der Waals surface area contributed by atoms with Crippen molar-refractivity contribution >= 4 is 72.5 Å². The number of rotatable bonds is 9. The number of aromatic amines is 1. The third-order valence-electron chi connectivity index (χ3n) is 4.49. The molecule has 0 saturated heterocycles. The number of nitrogens with zero attached hydrogens (tertiary/aromatic N) is 3. The number of amides is 1. The second-order valence-corrected chi connectivity index (χ2v) is 8.66. The number of carboxylic acid groups (broad SMARTS) is 2. The summed E-state index contributed by atoms with van der Waals surface area (Å²) in [5.41, 5.74) is 6.27. The topological polar surface area (TPSA) is 213 Å². The van der Waals surface area contributed by atoms with Crippen LogP contribution in [0.15, 0.2) is 32.1 Å². The van der Waals surface area contributed by atoms with Crippen molar-refractivity contribution in [3.05, 3.63) is 48.9 Å². The van der Waals surface area contributed by atoms with Crippen LogP contribution in [-0.4, -0.2) is 54.0 Å². The second-order valence-electron chi connectivity index (χ2n) is 6.95. The first kappa shape index (κ1) is 25.0. The van der Waals surface area contributed by atoms with Crippen LogP contribution in [0.1, 0.15) is 28.9 Å². The molecule has 0 fully saturated rings. The van der Waals surface area contributed by atoms with Crippen molar-refractivity contribution in [1.29, 1.82) is 0 Å². The molecule has 3 rings (SSSR count). The number of anilines is 2. The summed E-state index contributed by atoms with van der Waals surface area (Å²) in [7, 11) is 0. The number of nitrogens with two attached hydrogens (primary N) is 1. The molecule has 0 aliphatic rings. The van der Waals surface area contributed by atoms with E-state index in [4.69, 9.17) is 10.8 Å². The number of hydrogen-bond donors (Lipinski definition) is 6. The smallest absolute Gasteiger partial charge is 0.326 e. The Bertz CT molecular complexity index is 1320. The Balaban J connectivity index is 1.74. The maximum Gasteiger partial charge on any atom is 0.326 e. The van der Waals surface area contributed by atoms with Gasteiger partial charge in [0.1, 0.15) is 6.04 Å². The van der Waals surface area contributed by atoms with E-state index in [1.165, 1.54) is 18.3 Å². The molecule has 0 aliphatic carbocycles. The Morgan fingerprint density at radius 2 is 1.82 bits per heavy atom. The van der Waals surface area contributed by atoms with Crippen LogP contribution in [0.4, 0.5) is 11.6 Å². The number of H-pyrrole nitrogens is 1. The summed E-state index contributed by atoms with van der Waals surface area (Å²) in [6.45, 7) is 0.172. The molecular weight excluding hydrogens is 582 g/mol. The zero-order chi connectivity index (χ0) is 25.0. The molecule has 2 heterocycles. The van der Waals surface area contributed by atoms with Gasteiger partial charge in [0.2, 0.25) is 5.95 Å². The maximum absolute atomic E-state index is 12.5. The molecule has 1 aromatic carbocycles. The number of carboxylic acids is 2. The Morgan fingerprint density at radius 3 is 2.44 bits per heavy atom. The highest BCUT2D eigenvalue weighted by Crippen LogP contribution is 2.33. The molecule has 0 saturated carbocycles. The minimum Gasteiger partial charge on any atom is -0.481 e. The standard InChI is InChI=1S/C19H17Br2N7O6/c20-9-3-7(16(31)26-11(18(33)34)1-2-12(29)30)4-10(21)13(9)23-5-8-6-24-15-14(25-8)17(32)28-19(22)27-15/h3-4,6,11,23H,1-2,5H2,(H,26,31)(H,29,30)(H,33,34)(H3,22,24,27,28,32)/t11-/m0/s1. The summed E-state index contributed by atoms with van der Waals surface area (Å²) in [5.74, 6) is -3.25. The monoisotopic (exact) mass is 597 g/mol. The average Bonchev–Trinajstić information content (AvgIpc) is 2.75. The van der Waals surface area contributed by atoms with Crippen molar-refractivity contribution in [2.45, 2.75) is 25.4 Å². The zero-order valence-electron chi connectivity index (χ0n) is 17.1. The fourth-order valence-electron chi connectivity index (χ4n) is 2.87. The number of aliphatic carboxylic acids is 2. The van der Waals surface area contributed by atoms with Crippen molar-refractivity contribution in [2.75, 3.05) is 11.1 Å². The van der Waals surface area contributed by atoms with Crippen molar-refractivity contribution in [2.24, 2.45) is 0 Å². The third-order valence-corrected chi connectivity index (χ3v) is 5.74. The van der Waals surface area contributed by atoms with Crippen LogP contribution < -0.4 is 21.9 Å². The van der Waals surface area contributed by atoms with E-state index < -0.39 is 35.9 Å². The molecule has 0 aliphatic heterocycles. The van der Waals surface area contributed by atoms with Gasteiger partial charge in [-0.2, -0.15) is 4.98 Å². The summed E-state index contributed by atoms with van der Waals surface area (Å²) in [6.07, 6.45) is 0.782. The first-order chi connectivity index (χ1) is 16.0. The van der Waals surface area contributed by atoms with Gasteiger partial charge >= 0.3 is 11.9 Å². The van der Waals surface area contributed by atoms with Crippen molar-refractivity contribution < 1.29 is 24.6 Å². The summed E-state index contributed by atoms with van der Waals surface area (Å²) in [5, 5.41) is 23.4. The van der Waals surface area contributed by atoms with Crippen LogP contribution >= 0.6 is 31.9 Å². The van der Waals surface area contributed by atoms with Crippen LogP contribution in [0.3, 0.4) is 0 Å². The average molecular weight is 599 g/mol. The molecule has 7 N–H and O–H groups in total. The molecule has 1 amide bonds. The summed E-state index contributed by atoms with van der Waals surface area (Å²) >= 11 is 6.73. The Morgan fingerprint density at radius 1 is 1.15 bits per heavy atom. The van der Waals surface area contributed by atoms with E-state index in [1.807, 2.05) is 0 Å². The van der Waals surface area contributed by atoms with E-state index in [9.17, 15) is 24.3 Å². The third kappa shape index (κ3) is 6.05. The predicted molar refractivity (Wildman–Crippen MR) is 127 cm³/mol. The molecule has 13 nitrogen and oxygen atoms in total. The van der Waals surface area contributed by atoms with Gasteiger partial charge in [0.05, 0.1) is 24.1 Å². The lowest BCUT2D eigenvalue weighted by molar-refractivity contribution is -0.140. The van der Waals surface area contributed by atoms with Gasteiger partial charge < -0.3 is 26.6 Å². The molecule has 0 bridgehead atoms. The Labute approximate surface area is 207 Å². The molecule has 3 aromatic rings. The number of aromatic nitrogens is 4. The van der Waals surface area contributed by atoms with Crippen molar-refractivity contribution in [3.63, 3.8) is 0 Å². The van der Waals surface area contributed by atoms with E-state index in [-0.39, 0.29) is 35.6 Å². The summed E-state index contributed by atoms with van der Waals surface area (Å²) in [4.78, 5) is 61.2. The van der Waals surface area contributed by atoms with Gasteiger partial charge in [-0.15, -0.1) is 0 Å². The van der Waals surface area contributed by atoms with Gasteiger partial charge in [-0.25, -0.2) is 14.8 Å². The highest BCUT2D eigenvalue weighted by Gasteiger charge is 2.22. The molecule has 34 heavy (non-hydrogen) atoms. The fourth-order valence-corrected chi connectivity index (χ4v) is 4.34. The van der Waals surface area contributed by atoms with Crippen LogP contribution in [0.25, 0.3) is 11.2 Å². The molecule has 0 radical (unpaired) electrons. The van der Waals surface area contributed by atoms with Gasteiger partial charge in [-0.3, -0.25) is 19.4 Å². The maximum atomic E-state index is 12.5. The van der Waals surface area contributed by atoms with E-state index in [0.717, 1.165) is 0 Å². The van der Waals surface area contributed by atoms with Crippen LogP contribution in [0.2, 0.25) is 0 Å². The highest BCUT2D eigenvalue weighted by atomic mass is 79.9. The van der Waals surface area contributed by atoms with E-state index in [0.29, 0.717) is 20.3 Å². The van der Waals surface area contributed by atoms with Gasteiger partial charge in [0.15, 0.2) is 11.2 Å². The number of fused-ring (bicyclic) bond motifs is 1. The first-order valence-corrected chi connectivity index (χ1v) is 11.1.